The lowest BCUT2D eigenvalue weighted by atomic mass is 9.70. The number of anilines is 1. The van der Waals surface area contributed by atoms with Gasteiger partial charge in [0.05, 0.1) is 17.4 Å². The monoisotopic (exact) mass is 538 g/mol. The number of carbonyl (C=O) groups excluding carboxylic acids is 3. The molecule has 6 rings (SSSR count). The molecule has 2 bridgehead atoms. The quantitative estimate of drug-likeness (QED) is 0.541. The number of ether oxygens (including phenoxy) is 1. The van der Waals surface area contributed by atoms with E-state index in [1.165, 1.54) is 0 Å². The van der Waals surface area contributed by atoms with Gasteiger partial charge in [-0.25, -0.2) is 0 Å². The Kier molecular flexibility index (Phi) is 6.11. The molecular formula is C28H31ClN4O5. The standard InChI is InChI=1S/C28H31ClN4O5/c1-16-14-20(32-37-16)31-24(34)21-22-26(36)33(15-17-8-10-18(29)11-9-17)23(28(22)13-12-27(21,2)38-28)25(35)30-19-6-4-3-5-7-19/h8-14,19,21-23H,3-7,15H2,1-2H3,(H,30,35)(H,31,32,34)/t21-,22+,23+,27-,28+/m0/s1. The molecular weight excluding hydrogens is 508 g/mol. The molecule has 9 nitrogen and oxygen atoms in total. The summed E-state index contributed by atoms with van der Waals surface area (Å²) in [6.45, 7) is 3.72. The van der Waals surface area contributed by atoms with E-state index in [1.54, 1.807) is 36.9 Å². The molecule has 2 N–H and O–H groups in total. The van der Waals surface area contributed by atoms with Crippen LogP contribution in [0.15, 0.2) is 47.0 Å². The van der Waals surface area contributed by atoms with Gasteiger partial charge in [-0.05, 0) is 44.4 Å². The van der Waals surface area contributed by atoms with Gasteiger partial charge in [-0.1, -0.05) is 60.3 Å². The third kappa shape index (κ3) is 4.03. The van der Waals surface area contributed by atoms with Crippen molar-refractivity contribution in [3.63, 3.8) is 0 Å². The Balaban J connectivity index is 1.35. The summed E-state index contributed by atoms with van der Waals surface area (Å²) in [5.74, 6) is -1.82. The molecule has 1 spiro atoms. The number of halogens is 1. The van der Waals surface area contributed by atoms with Crippen LogP contribution in [0.3, 0.4) is 0 Å². The van der Waals surface area contributed by atoms with Crippen LogP contribution in [0.4, 0.5) is 5.82 Å². The van der Waals surface area contributed by atoms with E-state index < -0.39 is 35.0 Å². The third-order valence-corrected chi connectivity index (χ3v) is 8.68. The van der Waals surface area contributed by atoms with Crippen molar-refractivity contribution in [2.24, 2.45) is 11.8 Å². The highest BCUT2D eigenvalue weighted by molar-refractivity contribution is 6.30. The molecule has 2 aromatic rings. The van der Waals surface area contributed by atoms with Crippen molar-refractivity contribution in [2.75, 3.05) is 5.32 Å². The highest BCUT2D eigenvalue weighted by atomic mass is 35.5. The largest absolute Gasteiger partial charge is 0.360 e. The number of hydrogen-bond acceptors (Lipinski definition) is 6. The van der Waals surface area contributed by atoms with Crippen LogP contribution < -0.4 is 10.6 Å². The number of aromatic nitrogens is 1. The molecule has 0 unspecified atom stereocenters. The first-order chi connectivity index (χ1) is 18.2. The fraction of sp³-hybridized carbons (Fsp3) is 0.500. The molecule has 2 saturated heterocycles. The molecule has 1 aromatic heterocycles. The van der Waals surface area contributed by atoms with Crippen LogP contribution in [0, 0.1) is 18.8 Å². The van der Waals surface area contributed by atoms with E-state index in [9.17, 15) is 14.4 Å². The van der Waals surface area contributed by atoms with E-state index in [0.717, 1.165) is 37.7 Å². The Morgan fingerprint density at radius 1 is 1.13 bits per heavy atom. The summed E-state index contributed by atoms with van der Waals surface area (Å²) in [5, 5.41) is 10.4. The summed E-state index contributed by atoms with van der Waals surface area (Å²) in [7, 11) is 0. The van der Waals surface area contributed by atoms with Crippen LogP contribution in [-0.4, -0.2) is 51.1 Å². The maximum atomic E-state index is 14.2. The van der Waals surface area contributed by atoms with Gasteiger partial charge < -0.3 is 24.8 Å². The average Bonchev–Trinajstić information content (AvgIpc) is 3.58. The van der Waals surface area contributed by atoms with Crippen LogP contribution in [0.1, 0.15) is 50.4 Å². The van der Waals surface area contributed by atoms with Crippen molar-refractivity contribution in [1.82, 2.24) is 15.4 Å². The smallest absolute Gasteiger partial charge is 0.246 e. The Morgan fingerprint density at radius 2 is 1.87 bits per heavy atom. The van der Waals surface area contributed by atoms with Gasteiger partial charge in [0.1, 0.15) is 17.4 Å². The average molecular weight is 539 g/mol. The molecule has 38 heavy (non-hydrogen) atoms. The van der Waals surface area contributed by atoms with E-state index in [4.69, 9.17) is 20.9 Å². The molecule has 4 aliphatic rings. The van der Waals surface area contributed by atoms with E-state index in [2.05, 4.69) is 15.8 Å². The number of hydrogen-bond donors (Lipinski definition) is 2. The number of fused-ring (bicyclic) bond motifs is 1. The highest BCUT2D eigenvalue weighted by Gasteiger charge is 2.76. The molecule has 1 saturated carbocycles. The molecule has 5 atom stereocenters. The predicted octanol–water partition coefficient (Wildman–Crippen LogP) is 3.76. The van der Waals surface area contributed by atoms with Gasteiger partial charge >= 0.3 is 0 Å². The molecule has 1 aliphatic carbocycles. The summed E-state index contributed by atoms with van der Waals surface area (Å²) < 4.78 is 11.7. The first-order valence-corrected chi connectivity index (χ1v) is 13.6. The topological polar surface area (TPSA) is 114 Å². The van der Waals surface area contributed by atoms with E-state index >= 15 is 0 Å². The zero-order valence-corrected chi connectivity index (χ0v) is 22.2. The number of aryl methyl sites for hydroxylation is 1. The van der Waals surface area contributed by atoms with Gasteiger partial charge in [-0.15, -0.1) is 0 Å². The molecule has 4 heterocycles. The normalized spacial score (nSPS) is 32.0. The van der Waals surface area contributed by atoms with Crippen LogP contribution in [-0.2, 0) is 25.7 Å². The second-order valence-corrected chi connectivity index (χ2v) is 11.5. The summed E-state index contributed by atoms with van der Waals surface area (Å²) in [6, 6.07) is 7.95. The Hall–Kier alpha value is -3.17. The van der Waals surface area contributed by atoms with Gasteiger partial charge in [-0.2, -0.15) is 0 Å². The number of carbonyl (C=O) groups is 3. The summed E-state index contributed by atoms with van der Waals surface area (Å²) in [6.07, 6.45) is 8.76. The zero-order valence-electron chi connectivity index (χ0n) is 21.4. The first kappa shape index (κ1) is 25.1. The van der Waals surface area contributed by atoms with Gasteiger partial charge in [0, 0.05) is 23.7 Å². The number of rotatable bonds is 6. The third-order valence-electron chi connectivity index (χ3n) is 8.42. The van der Waals surface area contributed by atoms with E-state index in [1.807, 2.05) is 24.3 Å². The van der Waals surface area contributed by atoms with Crippen LogP contribution in [0.5, 0.6) is 0 Å². The van der Waals surface area contributed by atoms with Crippen LogP contribution >= 0.6 is 11.6 Å². The van der Waals surface area contributed by atoms with Crippen molar-refractivity contribution in [3.05, 3.63) is 58.8 Å². The Bertz CT molecular complexity index is 1300. The second-order valence-electron chi connectivity index (χ2n) is 11.1. The van der Waals surface area contributed by atoms with Gasteiger partial charge in [0.15, 0.2) is 5.82 Å². The van der Waals surface area contributed by atoms with Gasteiger partial charge in [-0.3, -0.25) is 14.4 Å². The molecule has 3 fully saturated rings. The number of benzene rings is 1. The first-order valence-electron chi connectivity index (χ1n) is 13.2. The van der Waals surface area contributed by atoms with Crippen molar-refractivity contribution in [2.45, 2.75) is 75.8 Å². The molecule has 1 aromatic carbocycles. The van der Waals surface area contributed by atoms with E-state index in [0.29, 0.717) is 10.8 Å². The fourth-order valence-electron chi connectivity index (χ4n) is 6.74. The van der Waals surface area contributed by atoms with Crippen LogP contribution in [0.25, 0.3) is 0 Å². The molecule has 10 heteroatoms. The SMILES string of the molecule is Cc1cc(NC(=O)[C@@H]2[C@@H]3C(=O)N(Cc4ccc(Cl)cc4)[C@H](C(=O)NC4CCCCC4)[C@@]34C=C[C@]2(C)O4)no1. The second kappa shape index (κ2) is 9.24. The van der Waals surface area contributed by atoms with Crippen molar-refractivity contribution in [3.8, 4) is 0 Å². The van der Waals surface area contributed by atoms with E-state index in [-0.39, 0.29) is 30.2 Å². The minimum Gasteiger partial charge on any atom is -0.360 e. The number of amides is 3. The number of nitrogens with zero attached hydrogens (tertiary/aromatic N) is 2. The van der Waals surface area contributed by atoms with Crippen molar-refractivity contribution < 1.29 is 23.6 Å². The fourth-order valence-corrected chi connectivity index (χ4v) is 6.87. The summed E-state index contributed by atoms with van der Waals surface area (Å²) in [5.41, 5.74) is -1.46. The lowest BCUT2D eigenvalue weighted by molar-refractivity contribution is -0.145. The maximum absolute atomic E-state index is 14.2. The Morgan fingerprint density at radius 3 is 2.55 bits per heavy atom. The summed E-state index contributed by atoms with van der Waals surface area (Å²) in [4.78, 5) is 43.3. The van der Waals surface area contributed by atoms with Crippen molar-refractivity contribution in [1.29, 1.82) is 0 Å². The lowest BCUT2D eigenvalue weighted by Gasteiger charge is -2.34. The Labute approximate surface area is 225 Å². The maximum Gasteiger partial charge on any atom is 0.246 e. The van der Waals surface area contributed by atoms with Gasteiger partial charge in [0.25, 0.3) is 0 Å². The zero-order chi connectivity index (χ0) is 26.7. The molecule has 200 valence electrons. The summed E-state index contributed by atoms with van der Waals surface area (Å²) >= 11 is 6.08. The lowest BCUT2D eigenvalue weighted by Crippen LogP contribution is -2.56. The minimum atomic E-state index is -1.25. The molecule has 3 aliphatic heterocycles. The van der Waals surface area contributed by atoms with Crippen LogP contribution in [0.2, 0.25) is 5.02 Å². The minimum absolute atomic E-state index is 0.0619. The van der Waals surface area contributed by atoms with Crippen molar-refractivity contribution >= 4 is 35.1 Å². The highest BCUT2D eigenvalue weighted by Crippen LogP contribution is 2.60. The molecule has 0 radical (unpaired) electrons. The number of nitrogens with one attached hydrogen (secondary N) is 2. The molecule has 3 amide bonds. The number of likely N-dealkylation sites (tertiary alicyclic amines) is 1. The predicted molar refractivity (Wildman–Crippen MR) is 139 cm³/mol. The van der Waals surface area contributed by atoms with Gasteiger partial charge in [0.2, 0.25) is 17.7 Å².